The van der Waals surface area contributed by atoms with Crippen LogP contribution in [0.25, 0.3) is 0 Å². The Bertz CT molecular complexity index is 690. The van der Waals surface area contributed by atoms with Gasteiger partial charge in [0.15, 0.2) is 0 Å². The number of aliphatic hydroxyl groups excluding tert-OH is 1. The normalized spacial score (nSPS) is 32.9. The van der Waals surface area contributed by atoms with Crippen LogP contribution in [0, 0.1) is 17.8 Å². The summed E-state index contributed by atoms with van der Waals surface area (Å²) in [6.07, 6.45) is 7.08. The van der Waals surface area contributed by atoms with Gasteiger partial charge in [0, 0.05) is 31.5 Å². The molecule has 0 saturated carbocycles. The molecule has 3 N–H and O–H groups in total. The fourth-order valence-corrected chi connectivity index (χ4v) is 8.40. The van der Waals surface area contributed by atoms with Crippen LogP contribution in [0.2, 0.25) is 0 Å². The van der Waals surface area contributed by atoms with Crippen LogP contribution < -0.4 is 10.6 Å². The standard InChI is InChI=1S/C24H41N3O4S/c1-4-6-8-12-26-22(30)20-24-16(3)15-17(32-24)18(21(29)25-11-5-2)19(24)23(31)27(20)13-9-7-10-14-28/h16-20,28H,4-15H2,1-3H3,(H,25,29)(H,26,30)/t16?,17-,18+,19+,20?,24?/m1/s1. The first-order valence-corrected chi connectivity index (χ1v) is 13.5. The summed E-state index contributed by atoms with van der Waals surface area (Å²) in [4.78, 5) is 42.1. The quantitative estimate of drug-likeness (QED) is 0.361. The molecule has 3 fully saturated rings. The van der Waals surface area contributed by atoms with Crippen molar-refractivity contribution in [3.63, 3.8) is 0 Å². The summed E-state index contributed by atoms with van der Waals surface area (Å²) in [5, 5.41) is 15.3. The minimum absolute atomic E-state index is 0.0269. The third-order valence-corrected chi connectivity index (χ3v) is 9.56. The van der Waals surface area contributed by atoms with Gasteiger partial charge in [0.25, 0.3) is 0 Å². The molecule has 2 bridgehead atoms. The second-order valence-electron chi connectivity index (χ2n) is 9.66. The Balaban J connectivity index is 1.86. The maximum atomic E-state index is 13.8. The monoisotopic (exact) mass is 467 g/mol. The van der Waals surface area contributed by atoms with Gasteiger partial charge in [-0.2, -0.15) is 0 Å². The van der Waals surface area contributed by atoms with Gasteiger partial charge in [0.05, 0.1) is 16.6 Å². The van der Waals surface area contributed by atoms with Gasteiger partial charge in [-0.25, -0.2) is 0 Å². The molecule has 0 radical (unpaired) electrons. The van der Waals surface area contributed by atoms with Gasteiger partial charge in [-0.05, 0) is 44.4 Å². The molecule has 3 rings (SSSR count). The molecular weight excluding hydrogens is 426 g/mol. The van der Waals surface area contributed by atoms with Crippen molar-refractivity contribution in [1.29, 1.82) is 0 Å². The number of carbonyl (C=O) groups is 3. The lowest BCUT2D eigenvalue weighted by Crippen LogP contribution is -2.56. The Morgan fingerprint density at radius 2 is 1.81 bits per heavy atom. The van der Waals surface area contributed by atoms with Crippen LogP contribution >= 0.6 is 11.8 Å². The second kappa shape index (κ2) is 11.2. The van der Waals surface area contributed by atoms with Gasteiger partial charge in [0.1, 0.15) is 6.04 Å². The van der Waals surface area contributed by atoms with Crippen LogP contribution in [0.15, 0.2) is 0 Å². The Kier molecular flexibility index (Phi) is 8.90. The Hall–Kier alpha value is -1.28. The van der Waals surface area contributed by atoms with Crippen LogP contribution in [0.4, 0.5) is 0 Å². The van der Waals surface area contributed by atoms with E-state index in [2.05, 4.69) is 24.5 Å². The summed E-state index contributed by atoms with van der Waals surface area (Å²) in [6.45, 7) is 8.19. The van der Waals surface area contributed by atoms with E-state index in [0.717, 1.165) is 44.9 Å². The molecule has 6 atom stereocenters. The lowest BCUT2D eigenvalue weighted by Gasteiger charge is -2.38. The third-order valence-electron chi connectivity index (χ3n) is 7.48. The number of hydrogen-bond acceptors (Lipinski definition) is 5. The first-order valence-electron chi connectivity index (χ1n) is 12.6. The summed E-state index contributed by atoms with van der Waals surface area (Å²) in [6, 6.07) is -0.523. The highest BCUT2D eigenvalue weighted by Gasteiger charge is 2.75. The summed E-state index contributed by atoms with van der Waals surface area (Å²) < 4.78 is -0.526. The van der Waals surface area contributed by atoms with E-state index in [0.29, 0.717) is 26.1 Å². The number of hydrogen-bond donors (Lipinski definition) is 3. The van der Waals surface area contributed by atoms with Crippen LogP contribution in [-0.4, -0.2) is 70.0 Å². The second-order valence-corrected chi connectivity index (χ2v) is 11.2. The van der Waals surface area contributed by atoms with Crippen molar-refractivity contribution in [1.82, 2.24) is 15.5 Å². The number of aliphatic hydroxyl groups is 1. The van der Waals surface area contributed by atoms with E-state index < -0.39 is 16.7 Å². The van der Waals surface area contributed by atoms with Crippen molar-refractivity contribution in [3.05, 3.63) is 0 Å². The Labute approximate surface area is 196 Å². The average molecular weight is 468 g/mol. The van der Waals surface area contributed by atoms with Gasteiger partial charge in [0.2, 0.25) is 17.7 Å². The molecule has 3 aliphatic heterocycles. The molecule has 0 aliphatic carbocycles. The molecule has 3 unspecified atom stereocenters. The molecule has 182 valence electrons. The number of amides is 3. The van der Waals surface area contributed by atoms with E-state index in [1.807, 2.05) is 6.92 Å². The molecule has 3 aliphatic rings. The van der Waals surface area contributed by atoms with Crippen LogP contribution in [0.5, 0.6) is 0 Å². The first-order chi connectivity index (χ1) is 15.4. The van der Waals surface area contributed by atoms with Crippen LogP contribution in [0.3, 0.4) is 0 Å². The van der Waals surface area contributed by atoms with Crippen molar-refractivity contribution in [2.24, 2.45) is 17.8 Å². The van der Waals surface area contributed by atoms with E-state index in [9.17, 15) is 14.4 Å². The van der Waals surface area contributed by atoms with Gasteiger partial charge < -0.3 is 20.6 Å². The predicted molar refractivity (Wildman–Crippen MR) is 127 cm³/mol. The number of nitrogens with zero attached hydrogens (tertiary/aromatic N) is 1. The molecule has 7 nitrogen and oxygen atoms in total. The zero-order valence-electron chi connectivity index (χ0n) is 19.9. The molecular formula is C24H41N3O4S. The van der Waals surface area contributed by atoms with E-state index in [4.69, 9.17) is 5.11 Å². The van der Waals surface area contributed by atoms with E-state index in [1.165, 1.54) is 0 Å². The van der Waals surface area contributed by atoms with Gasteiger partial charge in [-0.1, -0.05) is 33.6 Å². The molecule has 8 heteroatoms. The number of fused-ring (bicyclic) bond motifs is 1. The highest BCUT2D eigenvalue weighted by atomic mass is 32.2. The van der Waals surface area contributed by atoms with E-state index in [1.54, 1.807) is 16.7 Å². The van der Waals surface area contributed by atoms with Crippen LogP contribution in [0.1, 0.15) is 72.1 Å². The lowest BCUT2D eigenvalue weighted by molar-refractivity contribution is -0.140. The van der Waals surface area contributed by atoms with E-state index >= 15 is 0 Å². The minimum Gasteiger partial charge on any atom is -0.396 e. The van der Waals surface area contributed by atoms with Crippen molar-refractivity contribution in [2.75, 3.05) is 26.2 Å². The maximum Gasteiger partial charge on any atom is 0.244 e. The number of thioether (sulfide) groups is 1. The van der Waals surface area contributed by atoms with E-state index in [-0.39, 0.29) is 41.4 Å². The minimum atomic E-state index is -0.526. The molecule has 3 heterocycles. The molecule has 1 spiro atoms. The molecule has 32 heavy (non-hydrogen) atoms. The highest BCUT2D eigenvalue weighted by Crippen LogP contribution is 2.68. The van der Waals surface area contributed by atoms with Gasteiger partial charge in [-0.15, -0.1) is 11.8 Å². The first kappa shape index (κ1) is 25.3. The summed E-state index contributed by atoms with van der Waals surface area (Å²) in [5.41, 5.74) is 0. The van der Waals surface area contributed by atoms with Crippen molar-refractivity contribution < 1.29 is 19.5 Å². The van der Waals surface area contributed by atoms with Crippen molar-refractivity contribution in [2.45, 2.75) is 88.2 Å². The van der Waals surface area contributed by atoms with Crippen LogP contribution in [-0.2, 0) is 14.4 Å². The molecule has 0 aromatic heterocycles. The largest absolute Gasteiger partial charge is 0.396 e. The zero-order chi connectivity index (χ0) is 23.3. The zero-order valence-corrected chi connectivity index (χ0v) is 20.7. The molecule has 3 saturated heterocycles. The van der Waals surface area contributed by atoms with Gasteiger partial charge >= 0.3 is 0 Å². The smallest absolute Gasteiger partial charge is 0.244 e. The molecule has 0 aromatic carbocycles. The lowest BCUT2D eigenvalue weighted by atomic mass is 9.66. The summed E-state index contributed by atoms with van der Waals surface area (Å²) in [7, 11) is 0. The number of carbonyl (C=O) groups excluding carboxylic acids is 3. The Morgan fingerprint density at radius 3 is 2.50 bits per heavy atom. The fourth-order valence-electron chi connectivity index (χ4n) is 5.98. The van der Waals surface area contributed by atoms with Gasteiger partial charge in [-0.3, -0.25) is 14.4 Å². The molecule has 0 aromatic rings. The average Bonchev–Trinajstić information content (AvgIpc) is 3.36. The van der Waals surface area contributed by atoms with Crippen molar-refractivity contribution >= 4 is 29.5 Å². The third kappa shape index (κ3) is 4.54. The number of unbranched alkanes of at least 4 members (excludes halogenated alkanes) is 4. The maximum absolute atomic E-state index is 13.8. The topological polar surface area (TPSA) is 98.7 Å². The number of rotatable bonds is 13. The summed E-state index contributed by atoms with van der Waals surface area (Å²) >= 11 is 1.73. The molecule has 3 amide bonds. The Morgan fingerprint density at radius 1 is 1.06 bits per heavy atom. The summed E-state index contributed by atoms with van der Waals surface area (Å²) in [5.74, 6) is -0.693. The fraction of sp³-hybridized carbons (Fsp3) is 0.875. The highest BCUT2D eigenvalue weighted by molar-refractivity contribution is 8.02. The predicted octanol–water partition coefficient (Wildman–Crippen LogP) is 2.32. The number of likely N-dealkylation sites (tertiary alicyclic amines) is 1. The van der Waals surface area contributed by atoms with Crippen molar-refractivity contribution in [3.8, 4) is 0 Å². The number of nitrogens with one attached hydrogen (secondary N) is 2. The SMILES string of the molecule is CCCCCNC(=O)C1N(CCCCCO)C(=O)[C@@H]2[C@@H](C(=O)NCCC)[C@H]3CC(C)C12S3.